The van der Waals surface area contributed by atoms with E-state index in [4.69, 9.17) is 5.11 Å². The highest BCUT2D eigenvalue weighted by Gasteiger charge is 2.18. The average Bonchev–Trinajstić information content (AvgIpc) is 2.55. The van der Waals surface area contributed by atoms with Crippen molar-refractivity contribution >= 4 is 23.0 Å². The molecule has 0 aromatic heterocycles. The highest BCUT2D eigenvalue weighted by atomic mass is 16.6. The van der Waals surface area contributed by atoms with Crippen molar-refractivity contribution in [3.8, 4) is 0 Å². The standard InChI is InChI=1S/C15H13N3O6/c19-6-5-10-3-1-2-4-14(10)15(20)16-11-7-12(17(21)22)9-13(8-11)18(23)24/h1-4,7-9,19H,5-6H2,(H,16,20). The molecule has 2 aromatic carbocycles. The van der Waals surface area contributed by atoms with Crippen LogP contribution in [0.5, 0.6) is 0 Å². The van der Waals surface area contributed by atoms with Crippen LogP contribution in [0.1, 0.15) is 15.9 Å². The first-order chi connectivity index (χ1) is 11.4. The molecule has 2 aromatic rings. The van der Waals surface area contributed by atoms with E-state index >= 15 is 0 Å². The first-order valence-electron chi connectivity index (χ1n) is 6.86. The molecule has 0 heterocycles. The maximum atomic E-state index is 12.3. The lowest BCUT2D eigenvalue weighted by molar-refractivity contribution is -0.394. The smallest absolute Gasteiger partial charge is 0.278 e. The molecule has 0 atom stereocenters. The van der Waals surface area contributed by atoms with Crippen molar-refractivity contribution in [2.24, 2.45) is 0 Å². The lowest BCUT2D eigenvalue weighted by Crippen LogP contribution is -2.15. The van der Waals surface area contributed by atoms with Gasteiger partial charge in [0.1, 0.15) is 0 Å². The molecule has 0 unspecified atom stereocenters. The maximum absolute atomic E-state index is 12.3. The number of nitrogens with one attached hydrogen (secondary N) is 1. The van der Waals surface area contributed by atoms with Gasteiger partial charge in [-0.2, -0.15) is 0 Å². The van der Waals surface area contributed by atoms with Gasteiger partial charge in [0.15, 0.2) is 0 Å². The van der Waals surface area contributed by atoms with Crippen LogP contribution < -0.4 is 5.32 Å². The van der Waals surface area contributed by atoms with Gasteiger partial charge in [0.2, 0.25) is 0 Å². The number of nitro groups is 2. The van der Waals surface area contributed by atoms with Crippen LogP contribution in [0.3, 0.4) is 0 Å². The zero-order valence-electron chi connectivity index (χ0n) is 12.3. The second-order valence-corrected chi connectivity index (χ2v) is 4.84. The number of hydrogen-bond acceptors (Lipinski definition) is 6. The van der Waals surface area contributed by atoms with Gasteiger partial charge in [0, 0.05) is 24.3 Å². The van der Waals surface area contributed by atoms with Crippen LogP contribution in [0.15, 0.2) is 42.5 Å². The number of carbonyl (C=O) groups is 1. The van der Waals surface area contributed by atoms with E-state index in [1.54, 1.807) is 18.2 Å². The Balaban J connectivity index is 2.35. The highest BCUT2D eigenvalue weighted by Crippen LogP contribution is 2.26. The fourth-order valence-electron chi connectivity index (χ4n) is 2.16. The van der Waals surface area contributed by atoms with E-state index < -0.39 is 27.1 Å². The van der Waals surface area contributed by atoms with E-state index in [0.29, 0.717) is 5.56 Å². The molecule has 0 spiro atoms. The van der Waals surface area contributed by atoms with Gasteiger partial charge >= 0.3 is 0 Å². The number of carbonyl (C=O) groups excluding carboxylic acids is 1. The number of hydrogen-bond donors (Lipinski definition) is 2. The Morgan fingerprint density at radius 3 is 2.17 bits per heavy atom. The molecule has 0 aliphatic heterocycles. The van der Waals surface area contributed by atoms with Crippen molar-refractivity contribution in [3.63, 3.8) is 0 Å². The molecule has 0 aliphatic carbocycles. The summed E-state index contributed by atoms with van der Waals surface area (Å²) in [6.45, 7) is -0.146. The van der Waals surface area contributed by atoms with E-state index in [-0.39, 0.29) is 24.3 Å². The fourth-order valence-corrected chi connectivity index (χ4v) is 2.16. The molecular weight excluding hydrogens is 318 g/mol. The van der Waals surface area contributed by atoms with E-state index in [2.05, 4.69) is 5.32 Å². The van der Waals surface area contributed by atoms with Crippen LogP contribution in [0.25, 0.3) is 0 Å². The third-order valence-corrected chi connectivity index (χ3v) is 3.23. The van der Waals surface area contributed by atoms with Crippen molar-refractivity contribution in [1.29, 1.82) is 0 Å². The molecule has 124 valence electrons. The number of benzene rings is 2. The van der Waals surface area contributed by atoms with Gasteiger partial charge in [0.05, 0.1) is 21.6 Å². The zero-order valence-corrected chi connectivity index (χ0v) is 12.3. The summed E-state index contributed by atoms with van der Waals surface area (Å²) < 4.78 is 0. The summed E-state index contributed by atoms with van der Waals surface area (Å²) in [7, 11) is 0. The normalized spacial score (nSPS) is 10.2. The van der Waals surface area contributed by atoms with Crippen LogP contribution in [-0.2, 0) is 6.42 Å². The van der Waals surface area contributed by atoms with E-state index in [0.717, 1.165) is 18.2 Å². The predicted molar refractivity (Wildman–Crippen MR) is 84.9 cm³/mol. The molecule has 9 heteroatoms. The lowest BCUT2D eigenvalue weighted by Gasteiger charge is -2.09. The fraction of sp³-hybridized carbons (Fsp3) is 0.133. The predicted octanol–water partition coefficient (Wildman–Crippen LogP) is 2.29. The molecule has 24 heavy (non-hydrogen) atoms. The van der Waals surface area contributed by atoms with Gasteiger partial charge in [-0.1, -0.05) is 18.2 Å². The average molecular weight is 331 g/mol. The molecule has 0 bridgehead atoms. The van der Waals surface area contributed by atoms with Crippen molar-refractivity contribution in [1.82, 2.24) is 0 Å². The Bertz CT molecular complexity index is 773. The summed E-state index contributed by atoms with van der Waals surface area (Å²) in [6, 6.07) is 9.44. The third-order valence-electron chi connectivity index (χ3n) is 3.23. The summed E-state index contributed by atoms with van der Waals surface area (Å²) in [5.41, 5.74) is -0.177. The summed E-state index contributed by atoms with van der Waals surface area (Å²) in [6.07, 6.45) is 0.263. The summed E-state index contributed by atoms with van der Waals surface area (Å²) in [5, 5.41) is 33.2. The van der Waals surface area contributed by atoms with Gasteiger partial charge in [-0.05, 0) is 18.1 Å². The van der Waals surface area contributed by atoms with Crippen molar-refractivity contribution < 1.29 is 19.7 Å². The number of aliphatic hydroxyl groups excluding tert-OH is 1. The van der Waals surface area contributed by atoms with Crippen LogP contribution in [-0.4, -0.2) is 27.5 Å². The monoisotopic (exact) mass is 331 g/mol. The van der Waals surface area contributed by atoms with Crippen molar-refractivity contribution in [2.75, 3.05) is 11.9 Å². The van der Waals surface area contributed by atoms with Crippen LogP contribution >= 0.6 is 0 Å². The molecule has 2 rings (SSSR count). The van der Waals surface area contributed by atoms with Gasteiger partial charge in [-0.3, -0.25) is 25.0 Å². The molecule has 0 saturated carbocycles. The number of anilines is 1. The molecule has 9 nitrogen and oxygen atoms in total. The minimum Gasteiger partial charge on any atom is -0.396 e. The van der Waals surface area contributed by atoms with Gasteiger partial charge in [-0.15, -0.1) is 0 Å². The van der Waals surface area contributed by atoms with E-state index in [9.17, 15) is 25.0 Å². The number of nitrogens with zero attached hydrogens (tertiary/aromatic N) is 2. The number of nitro benzene ring substituents is 2. The number of non-ortho nitro benzene ring substituents is 2. The number of amides is 1. The molecule has 0 fully saturated rings. The minimum atomic E-state index is -0.775. The Morgan fingerprint density at radius 2 is 1.62 bits per heavy atom. The Hall–Kier alpha value is -3.33. The second kappa shape index (κ2) is 7.29. The summed E-state index contributed by atoms with van der Waals surface area (Å²) >= 11 is 0. The quantitative estimate of drug-likeness (QED) is 0.615. The van der Waals surface area contributed by atoms with Crippen LogP contribution in [0.2, 0.25) is 0 Å². The number of rotatable bonds is 6. The first kappa shape index (κ1) is 17.0. The van der Waals surface area contributed by atoms with E-state index in [1.165, 1.54) is 6.07 Å². The Morgan fingerprint density at radius 1 is 1.04 bits per heavy atom. The molecule has 0 aliphatic rings. The van der Waals surface area contributed by atoms with Gasteiger partial charge < -0.3 is 10.4 Å². The topological polar surface area (TPSA) is 136 Å². The second-order valence-electron chi connectivity index (χ2n) is 4.84. The third kappa shape index (κ3) is 3.90. The molecule has 0 saturated heterocycles. The summed E-state index contributed by atoms with van der Waals surface area (Å²) in [4.78, 5) is 32.5. The highest BCUT2D eigenvalue weighted by molar-refractivity contribution is 6.05. The zero-order chi connectivity index (χ0) is 17.7. The van der Waals surface area contributed by atoms with Crippen molar-refractivity contribution in [2.45, 2.75) is 6.42 Å². The lowest BCUT2D eigenvalue weighted by atomic mass is 10.0. The molecule has 0 radical (unpaired) electrons. The molecule has 1 amide bonds. The van der Waals surface area contributed by atoms with Gasteiger partial charge in [0.25, 0.3) is 17.3 Å². The Kier molecular flexibility index (Phi) is 5.17. The Labute approximate surface area is 135 Å². The summed E-state index contributed by atoms with van der Waals surface area (Å²) in [5.74, 6) is -0.575. The van der Waals surface area contributed by atoms with Crippen molar-refractivity contribution in [3.05, 3.63) is 73.8 Å². The first-order valence-corrected chi connectivity index (χ1v) is 6.86. The molecular formula is C15H13N3O6. The SMILES string of the molecule is O=C(Nc1cc([N+](=O)[O-])cc([N+](=O)[O-])c1)c1ccccc1CCO. The molecule has 2 N–H and O–H groups in total. The van der Waals surface area contributed by atoms with Crippen LogP contribution in [0.4, 0.5) is 17.1 Å². The number of aliphatic hydroxyl groups is 1. The maximum Gasteiger partial charge on any atom is 0.278 e. The minimum absolute atomic E-state index is 0.0558. The van der Waals surface area contributed by atoms with E-state index in [1.807, 2.05) is 0 Å². The largest absolute Gasteiger partial charge is 0.396 e. The van der Waals surface area contributed by atoms with Gasteiger partial charge in [-0.25, -0.2) is 0 Å². The van der Waals surface area contributed by atoms with Crippen LogP contribution in [0, 0.1) is 20.2 Å².